The molecule has 0 unspecified atom stereocenters. The maximum Gasteiger partial charge on any atom is 0.416 e. The molecule has 9 heteroatoms. The number of alkyl halides is 3. The van der Waals surface area contributed by atoms with Crippen LogP contribution in [0.15, 0.2) is 24.3 Å². The van der Waals surface area contributed by atoms with Crippen molar-refractivity contribution in [2.24, 2.45) is 17.8 Å². The van der Waals surface area contributed by atoms with E-state index in [1.807, 2.05) is 13.8 Å². The summed E-state index contributed by atoms with van der Waals surface area (Å²) in [6.07, 6.45) is -2.65. The van der Waals surface area contributed by atoms with Gasteiger partial charge in [0.2, 0.25) is 5.91 Å². The van der Waals surface area contributed by atoms with E-state index in [0.29, 0.717) is 24.4 Å². The van der Waals surface area contributed by atoms with Gasteiger partial charge in [0.25, 0.3) is 0 Å². The summed E-state index contributed by atoms with van der Waals surface area (Å²) >= 11 is 0. The van der Waals surface area contributed by atoms with Gasteiger partial charge in [-0.3, -0.25) is 9.69 Å². The van der Waals surface area contributed by atoms with Crippen molar-refractivity contribution in [2.45, 2.75) is 57.9 Å². The van der Waals surface area contributed by atoms with Crippen molar-refractivity contribution in [3.8, 4) is 0 Å². The third-order valence-electron chi connectivity index (χ3n) is 6.42. The number of nitrogens with one attached hydrogen (secondary N) is 2. The van der Waals surface area contributed by atoms with Crippen LogP contribution in [-0.4, -0.2) is 49.2 Å². The van der Waals surface area contributed by atoms with Gasteiger partial charge in [0, 0.05) is 25.7 Å². The lowest BCUT2D eigenvalue weighted by atomic mass is 9.97. The summed E-state index contributed by atoms with van der Waals surface area (Å²) in [7, 11) is 1.26. The number of amides is 2. The molecule has 32 heavy (non-hydrogen) atoms. The lowest BCUT2D eigenvalue weighted by Gasteiger charge is -2.25. The van der Waals surface area contributed by atoms with E-state index >= 15 is 0 Å². The lowest BCUT2D eigenvalue weighted by molar-refractivity contribution is -0.137. The molecule has 0 spiro atoms. The number of alkyl carbamates (subject to hydrolysis) is 1. The van der Waals surface area contributed by atoms with Crippen LogP contribution in [0.1, 0.15) is 44.2 Å². The summed E-state index contributed by atoms with van der Waals surface area (Å²) in [6.45, 7) is 5.95. The number of hydrogen-bond donors (Lipinski definition) is 2. The largest absolute Gasteiger partial charge is 0.453 e. The van der Waals surface area contributed by atoms with Gasteiger partial charge in [-0.2, -0.15) is 13.2 Å². The van der Waals surface area contributed by atoms with E-state index in [1.165, 1.54) is 19.2 Å². The van der Waals surface area contributed by atoms with Crippen LogP contribution in [0.3, 0.4) is 0 Å². The number of halogens is 3. The Labute approximate surface area is 186 Å². The molecule has 2 aliphatic rings. The second-order valence-corrected chi connectivity index (χ2v) is 9.33. The first-order valence-electron chi connectivity index (χ1n) is 11.1. The predicted octanol–water partition coefficient (Wildman–Crippen LogP) is 3.80. The molecule has 1 saturated heterocycles. The van der Waals surface area contributed by atoms with Crippen LogP contribution in [0.2, 0.25) is 0 Å². The number of carbonyl (C=O) groups is 2. The van der Waals surface area contributed by atoms with Crippen LogP contribution in [0.4, 0.5) is 18.0 Å². The fourth-order valence-electron chi connectivity index (χ4n) is 4.96. The van der Waals surface area contributed by atoms with Crippen molar-refractivity contribution in [2.75, 3.05) is 20.2 Å². The molecule has 3 rings (SSSR count). The minimum absolute atomic E-state index is 0.00637. The van der Waals surface area contributed by atoms with E-state index < -0.39 is 23.9 Å². The zero-order chi connectivity index (χ0) is 23.5. The van der Waals surface area contributed by atoms with Gasteiger partial charge in [-0.05, 0) is 48.6 Å². The Morgan fingerprint density at radius 3 is 2.62 bits per heavy atom. The van der Waals surface area contributed by atoms with E-state index in [2.05, 4.69) is 20.3 Å². The molecular weight excluding hydrogens is 423 g/mol. The molecule has 2 amide bonds. The van der Waals surface area contributed by atoms with Crippen molar-refractivity contribution in [1.82, 2.24) is 15.5 Å². The van der Waals surface area contributed by atoms with E-state index in [1.54, 1.807) is 6.07 Å². The minimum Gasteiger partial charge on any atom is -0.453 e. The fourth-order valence-corrected chi connectivity index (χ4v) is 4.96. The third kappa shape index (κ3) is 6.15. The fraction of sp³-hybridized carbons (Fsp3) is 0.652. The molecule has 1 aromatic rings. The van der Waals surface area contributed by atoms with Crippen molar-refractivity contribution >= 4 is 12.0 Å². The Morgan fingerprint density at radius 2 is 1.97 bits per heavy atom. The zero-order valence-electron chi connectivity index (χ0n) is 18.7. The first-order valence-corrected chi connectivity index (χ1v) is 11.1. The van der Waals surface area contributed by atoms with Gasteiger partial charge in [0.1, 0.15) is 6.04 Å². The van der Waals surface area contributed by atoms with E-state index in [-0.39, 0.29) is 23.8 Å². The van der Waals surface area contributed by atoms with Gasteiger partial charge in [-0.1, -0.05) is 32.0 Å². The Morgan fingerprint density at radius 1 is 1.22 bits per heavy atom. The molecule has 1 aromatic carbocycles. The number of nitrogens with zero attached hydrogens (tertiary/aromatic N) is 1. The van der Waals surface area contributed by atoms with E-state index in [0.717, 1.165) is 32.0 Å². The predicted molar refractivity (Wildman–Crippen MR) is 114 cm³/mol. The topological polar surface area (TPSA) is 70.7 Å². The number of rotatable bonds is 7. The Hall–Kier alpha value is -2.29. The number of methoxy groups -OCH3 is 1. The van der Waals surface area contributed by atoms with Crippen molar-refractivity contribution in [1.29, 1.82) is 0 Å². The molecule has 2 fully saturated rings. The number of carbonyl (C=O) groups excluding carboxylic acids is 2. The first kappa shape index (κ1) is 24.4. The summed E-state index contributed by atoms with van der Waals surface area (Å²) in [5, 5.41) is 5.73. The molecule has 1 saturated carbocycles. The smallest absolute Gasteiger partial charge is 0.416 e. The van der Waals surface area contributed by atoms with Gasteiger partial charge >= 0.3 is 12.3 Å². The summed E-state index contributed by atoms with van der Waals surface area (Å²) < 4.78 is 43.6. The van der Waals surface area contributed by atoms with Crippen LogP contribution < -0.4 is 10.6 Å². The molecule has 2 N–H and O–H groups in total. The van der Waals surface area contributed by atoms with Gasteiger partial charge in [0.05, 0.1) is 12.7 Å². The van der Waals surface area contributed by atoms with Crippen molar-refractivity contribution < 1.29 is 27.5 Å². The maximum atomic E-state index is 13.0. The van der Waals surface area contributed by atoms with E-state index in [4.69, 9.17) is 0 Å². The molecule has 1 aliphatic carbocycles. The summed E-state index contributed by atoms with van der Waals surface area (Å²) in [6, 6.07) is 4.79. The molecule has 1 heterocycles. The maximum absolute atomic E-state index is 13.0. The highest BCUT2D eigenvalue weighted by Crippen LogP contribution is 2.39. The Kier molecular flexibility index (Phi) is 7.69. The minimum atomic E-state index is -4.35. The molecule has 6 nitrogen and oxygen atoms in total. The number of benzene rings is 1. The second kappa shape index (κ2) is 10.1. The number of fused-ring (bicyclic) bond motifs is 1. The van der Waals surface area contributed by atoms with Crippen LogP contribution in [0.5, 0.6) is 0 Å². The third-order valence-corrected chi connectivity index (χ3v) is 6.42. The number of likely N-dealkylation sites (tertiary alicyclic amines) is 1. The normalized spacial score (nSPS) is 24.3. The van der Waals surface area contributed by atoms with Gasteiger partial charge in [-0.25, -0.2) is 4.79 Å². The standard InChI is InChI=1S/C23H32F3N3O3/c1-14(2)9-20(28-22(31)32-3)21(30)27-19-8-7-16-12-29(13-18(16)19)11-15-5-4-6-17(10-15)23(24,25)26/h4-6,10,14,16,18-20H,7-9,11-13H2,1-3H3,(H,27,30)(H,28,31)/t16-,18+,19+,20+/m1/s1. The van der Waals surface area contributed by atoms with Gasteiger partial charge in [-0.15, -0.1) is 0 Å². The summed E-state index contributed by atoms with van der Waals surface area (Å²) in [5.74, 6) is 0.658. The molecule has 1 aliphatic heterocycles. The first-order chi connectivity index (χ1) is 15.1. The van der Waals surface area contributed by atoms with Crippen molar-refractivity contribution in [3.05, 3.63) is 35.4 Å². The van der Waals surface area contributed by atoms with Crippen LogP contribution >= 0.6 is 0 Å². The molecule has 4 atom stereocenters. The van der Waals surface area contributed by atoms with E-state index in [9.17, 15) is 22.8 Å². The number of ether oxygens (including phenoxy) is 1. The zero-order valence-corrected chi connectivity index (χ0v) is 18.7. The molecule has 0 bridgehead atoms. The number of hydrogen-bond acceptors (Lipinski definition) is 4. The molecular formula is C23H32F3N3O3. The average Bonchev–Trinajstić information content (AvgIpc) is 3.27. The summed E-state index contributed by atoms with van der Waals surface area (Å²) in [5.41, 5.74) is 0.00786. The van der Waals surface area contributed by atoms with Gasteiger partial charge < -0.3 is 15.4 Å². The SMILES string of the molecule is COC(=O)N[C@@H](CC(C)C)C(=O)N[C@H]1CC[C@@H]2CN(Cc3cccc(C(F)(F)F)c3)C[C@@H]21. The molecule has 178 valence electrons. The lowest BCUT2D eigenvalue weighted by Crippen LogP contribution is -2.51. The average molecular weight is 456 g/mol. The highest BCUT2D eigenvalue weighted by Gasteiger charge is 2.43. The second-order valence-electron chi connectivity index (χ2n) is 9.33. The molecule has 0 radical (unpaired) electrons. The highest BCUT2D eigenvalue weighted by molar-refractivity contribution is 5.85. The van der Waals surface area contributed by atoms with Crippen LogP contribution in [0.25, 0.3) is 0 Å². The van der Waals surface area contributed by atoms with Crippen molar-refractivity contribution in [3.63, 3.8) is 0 Å². The quantitative estimate of drug-likeness (QED) is 0.656. The highest BCUT2D eigenvalue weighted by atomic mass is 19.4. The monoisotopic (exact) mass is 455 g/mol. The Balaban J connectivity index is 1.59. The summed E-state index contributed by atoms with van der Waals surface area (Å²) in [4.78, 5) is 26.7. The van der Waals surface area contributed by atoms with Gasteiger partial charge in [0.15, 0.2) is 0 Å². The van der Waals surface area contributed by atoms with Crippen LogP contribution in [-0.2, 0) is 22.3 Å². The molecule has 0 aromatic heterocycles. The Bertz CT molecular complexity index is 815. The van der Waals surface area contributed by atoms with Crippen LogP contribution in [0, 0.1) is 17.8 Å².